The summed E-state index contributed by atoms with van der Waals surface area (Å²) in [5.74, 6) is 0.647. The summed E-state index contributed by atoms with van der Waals surface area (Å²) in [4.78, 5) is 8.70. The summed E-state index contributed by atoms with van der Waals surface area (Å²) in [7, 11) is 1.65. The summed E-state index contributed by atoms with van der Waals surface area (Å²) in [6.45, 7) is 5.47. The fourth-order valence-electron chi connectivity index (χ4n) is 2.14. The van der Waals surface area contributed by atoms with Gasteiger partial charge in [0.05, 0.1) is 13.2 Å². The molecule has 1 aromatic heterocycles. The predicted molar refractivity (Wildman–Crippen MR) is 67.0 cm³/mol. The monoisotopic (exact) mass is 235 g/mol. The lowest BCUT2D eigenvalue weighted by atomic mass is 9.95. The van der Waals surface area contributed by atoms with E-state index in [0.717, 1.165) is 18.7 Å². The Bertz CT molecular complexity index is 377. The van der Waals surface area contributed by atoms with Gasteiger partial charge in [-0.1, -0.05) is 13.8 Å². The van der Waals surface area contributed by atoms with E-state index in [1.807, 2.05) is 0 Å². The first kappa shape index (κ1) is 12.3. The Morgan fingerprint density at radius 3 is 2.71 bits per heavy atom. The molecule has 0 bridgehead atoms. The molecule has 0 amide bonds. The second-order valence-electron chi connectivity index (χ2n) is 4.99. The Labute approximate surface area is 103 Å². The standard InChI is InChI=1S/C13H21N3O/c1-4-7-15-11(13(2)5-6-13)10-12(17-3)16-9-8-14-10/h8-9,11,15H,4-7H2,1-3H3. The first-order chi connectivity index (χ1) is 8.21. The molecule has 1 aromatic rings. The van der Waals surface area contributed by atoms with Crippen molar-refractivity contribution in [1.29, 1.82) is 0 Å². The molecule has 4 nitrogen and oxygen atoms in total. The molecular weight excluding hydrogens is 214 g/mol. The Kier molecular flexibility index (Phi) is 3.62. The maximum Gasteiger partial charge on any atom is 0.237 e. The number of hydrogen-bond donors (Lipinski definition) is 1. The van der Waals surface area contributed by atoms with Crippen LogP contribution in [0.4, 0.5) is 0 Å². The molecule has 1 N–H and O–H groups in total. The van der Waals surface area contributed by atoms with Crippen molar-refractivity contribution in [2.24, 2.45) is 5.41 Å². The van der Waals surface area contributed by atoms with Gasteiger partial charge >= 0.3 is 0 Å². The molecule has 1 unspecified atom stereocenters. The van der Waals surface area contributed by atoms with E-state index >= 15 is 0 Å². The van der Waals surface area contributed by atoms with Crippen LogP contribution in [0.1, 0.15) is 44.8 Å². The van der Waals surface area contributed by atoms with Crippen LogP contribution in [0.2, 0.25) is 0 Å². The van der Waals surface area contributed by atoms with Gasteiger partial charge in [0.25, 0.3) is 0 Å². The topological polar surface area (TPSA) is 47.0 Å². The molecular formula is C13H21N3O. The summed E-state index contributed by atoms with van der Waals surface area (Å²) in [6, 6.07) is 0.256. The highest BCUT2D eigenvalue weighted by atomic mass is 16.5. The molecule has 0 aromatic carbocycles. The van der Waals surface area contributed by atoms with Gasteiger partial charge in [-0.15, -0.1) is 0 Å². The average molecular weight is 235 g/mol. The quantitative estimate of drug-likeness (QED) is 0.822. The van der Waals surface area contributed by atoms with Crippen LogP contribution in [-0.4, -0.2) is 23.6 Å². The van der Waals surface area contributed by atoms with Gasteiger partial charge in [-0.05, 0) is 31.2 Å². The molecule has 2 rings (SSSR count). The molecule has 17 heavy (non-hydrogen) atoms. The van der Waals surface area contributed by atoms with Crippen LogP contribution in [0, 0.1) is 5.41 Å². The molecule has 1 saturated carbocycles. The molecule has 1 heterocycles. The van der Waals surface area contributed by atoms with E-state index in [2.05, 4.69) is 29.1 Å². The fourth-order valence-corrected chi connectivity index (χ4v) is 2.14. The first-order valence-electron chi connectivity index (χ1n) is 6.29. The molecule has 0 aliphatic heterocycles. The van der Waals surface area contributed by atoms with E-state index in [4.69, 9.17) is 4.74 Å². The number of hydrogen-bond acceptors (Lipinski definition) is 4. The van der Waals surface area contributed by atoms with Crippen molar-refractivity contribution in [2.45, 2.75) is 39.2 Å². The fraction of sp³-hybridized carbons (Fsp3) is 0.692. The Balaban J connectivity index is 2.25. The van der Waals surface area contributed by atoms with Crippen LogP contribution in [0.5, 0.6) is 5.88 Å². The van der Waals surface area contributed by atoms with Gasteiger partial charge in [0.1, 0.15) is 5.69 Å². The van der Waals surface area contributed by atoms with Crippen molar-refractivity contribution in [3.05, 3.63) is 18.1 Å². The average Bonchev–Trinajstić information content (AvgIpc) is 3.09. The van der Waals surface area contributed by atoms with Crippen molar-refractivity contribution in [2.75, 3.05) is 13.7 Å². The van der Waals surface area contributed by atoms with Gasteiger partial charge < -0.3 is 10.1 Å². The smallest absolute Gasteiger partial charge is 0.237 e. The molecule has 1 aliphatic rings. The molecule has 4 heteroatoms. The minimum absolute atomic E-state index is 0.256. The number of nitrogens with one attached hydrogen (secondary N) is 1. The van der Waals surface area contributed by atoms with Crippen molar-refractivity contribution < 1.29 is 4.74 Å². The van der Waals surface area contributed by atoms with E-state index in [-0.39, 0.29) is 6.04 Å². The Morgan fingerprint density at radius 2 is 2.12 bits per heavy atom. The van der Waals surface area contributed by atoms with Crippen LogP contribution >= 0.6 is 0 Å². The maximum atomic E-state index is 5.32. The van der Waals surface area contributed by atoms with Crippen molar-refractivity contribution in [3.8, 4) is 5.88 Å². The van der Waals surface area contributed by atoms with E-state index in [1.165, 1.54) is 12.8 Å². The lowest BCUT2D eigenvalue weighted by Gasteiger charge is -2.25. The number of rotatable bonds is 6. The summed E-state index contributed by atoms with van der Waals surface area (Å²) >= 11 is 0. The van der Waals surface area contributed by atoms with Crippen molar-refractivity contribution >= 4 is 0 Å². The van der Waals surface area contributed by atoms with Gasteiger partial charge in [-0.3, -0.25) is 4.98 Å². The zero-order chi connectivity index (χ0) is 12.3. The SMILES string of the molecule is CCCNC(c1nccnc1OC)C1(C)CC1. The summed E-state index contributed by atoms with van der Waals surface area (Å²) in [5.41, 5.74) is 1.27. The number of methoxy groups -OCH3 is 1. The highest BCUT2D eigenvalue weighted by Crippen LogP contribution is 2.54. The minimum Gasteiger partial charge on any atom is -0.480 e. The van der Waals surface area contributed by atoms with Gasteiger partial charge in [0, 0.05) is 12.4 Å². The second-order valence-corrected chi connectivity index (χ2v) is 4.99. The third kappa shape index (κ3) is 2.57. The summed E-state index contributed by atoms with van der Waals surface area (Å²) in [6.07, 6.45) is 7.02. The lowest BCUT2D eigenvalue weighted by molar-refractivity contribution is 0.327. The number of aromatic nitrogens is 2. The van der Waals surface area contributed by atoms with Crippen LogP contribution in [0.3, 0.4) is 0 Å². The van der Waals surface area contributed by atoms with Crippen LogP contribution in [0.25, 0.3) is 0 Å². The lowest BCUT2D eigenvalue weighted by Crippen LogP contribution is -2.30. The number of nitrogens with zero attached hydrogens (tertiary/aromatic N) is 2. The summed E-state index contributed by atoms with van der Waals surface area (Å²) in [5, 5.41) is 3.58. The van der Waals surface area contributed by atoms with E-state index in [9.17, 15) is 0 Å². The maximum absolute atomic E-state index is 5.32. The van der Waals surface area contributed by atoms with Crippen LogP contribution in [0.15, 0.2) is 12.4 Å². The van der Waals surface area contributed by atoms with E-state index in [0.29, 0.717) is 11.3 Å². The molecule has 94 valence electrons. The summed E-state index contributed by atoms with van der Waals surface area (Å²) < 4.78 is 5.32. The van der Waals surface area contributed by atoms with Gasteiger partial charge in [-0.2, -0.15) is 0 Å². The van der Waals surface area contributed by atoms with Crippen molar-refractivity contribution in [3.63, 3.8) is 0 Å². The molecule has 0 radical (unpaired) electrons. The third-order valence-corrected chi connectivity index (χ3v) is 3.49. The third-order valence-electron chi connectivity index (χ3n) is 3.49. The first-order valence-corrected chi connectivity index (χ1v) is 6.29. The van der Waals surface area contributed by atoms with Gasteiger partial charge in [0.2, 0.25) is 5.88 Å². The van der Waals surface area contributed by atoms with E-state index < -0.39 is 0 Å². The minimum atomic E-state index is 0.256. The van der Waals surface area contributed by atoms with Crippen LogP contribution in [-0.2, 0) is 0 Å². The van der Waals surface area contributed by atoms with Gasteiger partial charge in [-0.25, -0.2) is 4.98 Å². The Hall–Kier alpha value is -1.16. The molecule has 0 saturated heterocycles. The number of ether oxygens (including phenoxy) is 1. The largest absolute Gasteiger partial charge is 0.480 e. The van der Waals surface area contributed by atoms with Crippen molar-refractivity contribution in [1.82, 2.24) is 15.3 Å². The molecule has 1 aliphatic carbocycles. The van der Waals surface area contributed by atoms with Crippen LogP contribution < -0.4 is 10.1 Å². The molecule has 1 atom stereocenters. The highest BCUT2D eigenvalue weighted by Gasteiger charge is 2.47. The Morgan fingerprint density at radius 1 is 1.41 bits per heavy atom. The zero-order valence-electron chi connectivity index (χ0n) is 10.9. The molecule has 1 fully saturated rings. The normalized spacial score (nSPS) is 18.8. The van der Waals surface area contributed by atoms with Gasteiger partial charge in [0.15, 0.2) is 0 Å². The predicted octanol–water partition coefficient (Wildman–Crippen LogP) is 2.33. The zero-order valence-corrected chi connectivity index (χ0v) is 10.9. The second kappa shape index (κ2) is 5.00. The molecule has 0 spiro atoms. The highest BCUT2D eigenvalue weighted by molar-refractivity contribution is 5.25. The van der Waals surface area contributed by atoms with E-state index in [1.54, 1.807) is 19.5 Å².